The minimum absolute atomic E-state index is 0.0310. The molecule has 3 aromatic rings. The molecule has 33 heavy (non-hydrogen) atoms. The summed E-state index contributed by atoms with van der Waals surface area (Å²) in [5.74, 6) is -0.529. The highest BCUT2D eigenvalue weighted by Gasteiger charge is 2.47. The number of benzene rings is 2. The van der Waals surface area contributed by atoms with Gasteiger partial charge in [0.15, 0.2) is 6.04 Å². The van der Waals surface area contributed by atoms with Crippen LogP contribution in [0, 0.1) is 18.3 Å². The van der Waals surface area contributed by atoms with Crippen molar-refractivity contribution >= 4 is 17.4 Å². The number of aryl methyl sites for hydroxylation is 2. The summed E-state index contributed by atoms with van der Waals surface area (Å²) in [5.41, 5.74) is 3.11. The van der Waals surface area contributed by atoms with Gasteiger partial charge in [-0.3, -0.25) is 4.79 Å². The fourth-order valence-corrected chi connectivity index (χ4v) is 3.95. The second-order valence-electron chi connectivity index (χ2n) is 8.06. The van der Waals surface area contributed by atoms with Crippen LogP contribution in [0.1, 0.15) is 52.0 Å². The zero-order valence-electron chi connectivity index (χ0n) is 17.9. The molecule has 0 saturated carbocycles. The first kappa shape index (κ1) is 22.4. The molecule has 0 spiro atoms. The first-order valence-electron chi connectivity index (χ1n) is 10.5. The van der Waals surface area contributed by atoms with E-state index in [0.717, 1.165) is 22.0 Å². The van der Waals surface area contributed by atoms with Crippen molar-refractivity contribution in [3.8, 4) is 6.07 Å². The molecule has 0 aliphatic carbocycles. The molecular weight excluding hydrogens is 431 g/mol. The average Bonchev–Trinajstić information content (AvgIpc) is 3.21. The molecule has 4 rings (SSSR count). The molecule has 0 bridgehead atoms. The van der Waals surface area contributed by atoms with Crippen molar-refractivity contribution in [2.75, 3.05) is 10.6 Å². The van der Waals surface area contributed by atoms with E-state index >= 15 is 0 Å². The van der Waals surface area contributed by atoms with Gasteiger partial charge in [0.1, 0.15) is 11.4 Å². The highest BCUT2D eigenvalue weighted by Crippen LogP contribution is 2.44. The Hall–Kier alpha value is -3.80. The summed E-state index contributed by atoms with van der Waals surface area (Å²) in [6, 6.07) is 13.9. The molecule has 0 unspecified atom stereocenters. The van der Waals surface area contributed by atoms with Gasteiger partial charge in [0, 0.05) is 18.5 Å². The van der Waals surface area contributed by atoms with Crippen molar-refractivity contribution < 1.29 is 18.0 Å². The van der Waals surface area contributed by atoms with Crippen molar-refractivity contribution in [1.29, 1.82) is 5.26 Å². The van der Waals surface area contributed by atoms with E-state index in [1.807, 2.05) is 25.1 Å². The predicted octanol–water partition coefficient (Wildman–Crippen LogP) is 5.56. The molecule has 6 nitrogen and oxygen atoms in total. The topological polar surface area (TPSA) is 82.7 Å². The molecule has 0 saturated heterocycles. The molecule has 2 heterocycles. The third-order valence-corrected chi connectivity index (χ3v) is 5.67. The number of fused-ring (bicyclic) bond motifs is 1. The van der Waals surface area contributed by atoms with Gasteiger partial charge in [-0.15, -0.1) is 0 Å². The van der Waals surface area contributed by atoms with E-state index in [2.05, 4.69) is 21.8 Å². The van der Waals surface area contributed by atoms with Crippen LogP contribution in [0.25, 0.3) is 0 Å². The Morgan fingerprint density at radius 1 is 1.27 bits per heavy atom. The number of nitrogens with zero attached hydrogens (tertiary/aromatic N) is 3. The number of aromatic nitrogens is 2. The molecule has 9 heteroatoms. The summed E-state index contributed by atoms with van der Waals surface area (Å²) in [6.45, 7) is 1.91. The van der Waals surface area contributed by atoms with Crippen LogP contribution >= 0.6 is 0 Å². The van der Waals surface area contributed by atoms with Crippen LogP contribution in [0.2, 0.25) is 0 Å². The quantitative estimate of drug-likeness (QED) is 0.530. The first-order valence-corrected chi connectivity index (χ1v) is 10.5. The molecule has 2 aromatic carbocycles. The van der Waals surface area contributed by atoms with Gasteiger partial charge < -0.3 is 10.6 Å². The maximum atomic E-state index is 13.9. The number of amides is 1. The molecule has 170 valence electrons. The van der Waals surface area contributed by atoms with E-state index in [1.165, 1.54) is 0 Å². The molecule has 1 aliphatic rings. The lowest BCUT2D eigenvalue weighted by Gasteiger charge is -2.34. The third-order valence-electron chi connectivity index (χ3n) is 5.67. The summed E-state index contributed by atoms with van der Waals surface area (Å²) in [5, 5.41) is 18.5. The van der Waals surface area contributed by atoms with E-state index < -0.39 is 24.2 Å². The maximum Gasteiger partial charge on any atom is 0.410 e. The van der Waals surface area contributed by atoms with E-state index in [9.17, 15) is 18.0 Å². The summed E-state index contributed by atoms with van der Waals surface area (Å²) >= 11 is 0. The maximum absolute atomic E-state index is 13.9. The van der Waals surface area contributed by atoms with E-state index in [1.54, 1.807) is 30.3 Å². The SMILES string of the molecule is Cc1ccc([C@H]2C[C@H](C(F)(F)F)n3ncc(C(=O)Nc4cccc(CCC#N)c4)c3N2)cc1. The Morgan fingerprint density at radius 2 is 2.03 bits per heavy atom. The molecule has 2 N–H and O–H groups in total. The third kappa shape index (κ3) is 4.85. The largest absolute Gasteiger partial charge is 0.410 e. The van der Waals surface area contributed by atoms with Crippen LogP contribution < -0.4 is 10.6 Å². The predicted molar refractivity (Wildman–Crippen MR) is 118 cm³/mol. The normalized spacial score (nSPS) is 17.5. The number of carbonyl (C=O) groups excluding carboxylic acids is 1. The molecule has 1 amide bonds. The van der Waals surface area contributed by atoms with E-state index in [0.29, 0.717) is 24.1 Å². The Morgan fingerprint density at radius 3 is 2.73 bits per heavy atom. The van der Waals surface area contributed by atoms with Gasteiger partial charge in [0.25, 0.3) is 5.91 Å². The number of hydrogen-bond acceptors (Lipinski definition) is 4. The summed E-state index contributed by atoms with van der Waals surface area (Å²) in [6.07, 6.45) is -2.71. The first-order chi connectivity index (χ1) is 15.8. The zero-order chi connectivity index (χ0) is 23.6. The number of anilines is 2. The average molecular weight is 453 g/mol. The summed E-state index contributed by atoms with van der Waals surface area (Å²) in [4.78, 5) is 13.0. The molecule has 1 aromatic heterocycles. The standard InChI is InChI=1S/C24H22F3N5O/c1-15-7-9-17(10-8-15)20-13-21(24(25,26)27)32-22(31-20)19(14-29-32)23(33)30-18-6-2-4-16(12-18)5-3-11-28/h2,4,6-10,12,14,20-21,31H,3,5,13H2,1H3,(H,30,33)/t20-,21-/m1/s1. The van der Waals surface area contributed by atoms with Crippen LogP contribution in [0.3, 0.4) is 0 Å². The highest BCUT2D eigenvalue weighted by molar-refractivity contribution is 6.07. The number of carbonyl (C=O) groups is 1. The number of halogens is 3. The fourth-order valence-electron chi connectivity index (χ4n) is 3.95. The monoisotopic (exact) mass is 453 g/mol. The molecule has 1 aliphatic heterocycles. The van der Waals surface area contributed by atoms with Crippen molar-refractivity contribution in [3.05, 3.63) is 77.0 Å². The van der Waals surface area contributed by atoms with E-state index in [4.69, 9.17) is 5.26 Å². The number of hydrogen-bond donors (Lipinski definition) is 2. The van der Waals surface area contributed by atoms with Crippen LogP contribution in [0.4, 0.5) is 24.7 Å². The van der Waals surface area contributed by atoms with E-state index in [-0.39, 0.29) is 17.8 Å². The van der Waals surface area contributed by atoms with Gasteiger partial charge in [-0.25, -0.2) is 4.68 Å². The van der Waals surface area contributed by atoms with Gasteiger partial charge in [0.2, 0.25) is 0 Å². The minimum Gasteiger partial charge on any atom is -0.363 e. The molecule has 0 radical (unpaired) electrons. The van der Waals surface area contributed by atoms with Gasteiger partial charge in [-0.2, -0.15) is 23.5 Å². The molecular formula is C24H22F3N5O. The Bertz CT molecular complexity index is 1190. The minimum atomic E-state index is -4.52. The number of nitrogens with one attached hydrogen (secondary N) is 2. The second-order valence-corrected chi connectivity index (χ2v) is 8.06. The molecule has 2 atom stereocenters. The van der Waals surface area contributed by atoms with Crippen LogP contribution in [-0.2, 0) is 6.42 Å². The Labute approximate surface area is 189 Å². The highest BCUT2D eigenvalue weighted by atomic mass is 19.4. The van der Waals surface area contributed by atoms with Gasteiger partial charge in [0.05, 0.1) is 18.3 Å². The van der Waals surface area contributed by atoms with Gasteiger partial charge in [-0.1, -0.05) is 42.0 Å². The lowest BCUT2D eigenvalue weighted by atomic mass is 9.96. The smallest absolute Gasteiger partial charge is 0.363 e. The van der Waals surface area contributed by atoms with Crippen LogP contribution in [0.15, 0.2) is 54.7 Å². The Kier molecular flexibility index (Phi) is 6.09. The lowest BCUT2D eigenvalue weighted by molar-refractivity contribution is -0.173. The van der Waals surface area contributed by atoms with Crippen LogP contribution in [-0.4, -0.2) is 21.9 Å². The van der Waals surface area contributed by atoms with Crippen LogP contribution in [0.5, 0.6) is 0 Å². The summed E-state index contributed by atoms with van der Waals surface area (Å²) < 4.78 is 42.4. The van der Waals surface area contributed by atoms with Crippen molar-refractivity contribution in [2.24, 2.45) is 0 Å². The van der Waals surface area contributed by atoms with Crippen molar-refractivity contribution in [3.63, 3.8) is 0 Å². The second kappa shape index (κ2) is 8.98. The Balaban J connectivity index is 1.63. The zero-order valence-corrected chi connectivity index (χ0v) is 17.9. The number of rotatable bonds is 5. The number of alkyl halides is 3. The summed E-state index contributed by atoms with van der Waals surface area (Å²) in [7, 11) is 0. The van der Waals surface area contributed by atoms with Crippen molar-refractivity contribution in [1.82, 2.24) is 9.78 Å². The van der Waals surface area contributed by atoms with Crippen molar-refractivity contribution in [2.45, 2.75) is 44.4 Å². The van der Waals surface area contributed by atoms with Gasteiger partial charge >= 0.3 is 6.18 Å². The lowest BCUT2D eigenvalue weighted by Crippen LogP contribution is -2.36. The fraction of sp³-hybridized carbons (Fsp3) is 0.292. The molecule has 0 fully saturated rings. The number of nitriles is 1. The van der Waals surface area contributed by atoms with Gasteiger partial charge in [-0.05, 0) is 36.6 Å².